The molecule has 0 aromatic heterocycles. The zero-order chi connectivity index (χ0) is 12.1. The van der Waals surface area contributed by atoms with E-state index >= 15 is 0 Å². The van der Waals surface area contributed by atoms with Crippen LogP contribution in [0.25, 0.3) is 0 Å². The number of carbonyl (C=O) groups is 1. The van der Waals surface area contributed by atoms with Crippen LogP contribution in [0.5, 0.6) is 0 Å². The van der Waals surface area contributed by atoms with Gasteiger partial charge < -0.3 is 15.5 Å². The highest BCUT2D eigenvalue weighted by Crippen LogP contribution is 2.10. The molecule has 1 amide bonds. The van der Waals surface area contributed by atoms with Gasteiger partial charge in [0, 0.05) is 20.3 Å². The fourth-order valence-corrected chi connectivity index (χ4v) is 0.871. The zero-order valence-electron chi connectivity index (χ0n) is 9.92. The summed E-state index contributed by atoms with van der Waals surface area (Å²) in [6.45, 7) is 5.41. The maximum absolute atomic E-state index is 11.6. The van der Waals surface area contributed by atoms with Crippen molar-refractivity contribution in [1.82, 2.24) is 10.2 Å². The Balaban J connectivity index is 4.56. The summed E-state index contributed by atoms with van der Waals surface area (Å²) >= 11 is 0. The van der Waals surface area contributed by atoms with Gasteiger partial charge in [0.2, 0.25) is 0 Å². The van der Waals surface area contributed by atoms with Gasteiger partial charge in [0.25, 0.3) is 0 Å². The minimum Gasteiger partial charge on any atom is -0.443 e. The first-order chi connectivity index (χ1) is 6.81. The molecule has 0 bridgehead atoms. The summed E-state index contributed by atoms with van der Waals surface area (Å²) in [6, 6.07) is 0. The van der Waals surface area contributed by atoms with Crippen LogP contribution in [0.3, 0.4) is 0 Å². The normalized spacial score (nSPS) is 11.9. The third kappa shape index (κ3) is 5.05. The third-order valence-electron chi connectivity index (χ3n) is 1.53. The smallest absolute Gasteiger partial charge is 0.415 e. The van der Waals surface area contributed by atoms with Crippen molar-refractivity contribution in [2.75, 3.05) is 14.1 Å². The topological polar surface area (TPSA) is 65.4 Å². The summed E-state index contributed by atoms with van der Waals surface area (Å²) in [4.78, 5) is 12.9. The minimum atomic E-state index is -0.519. The summed E-state index contributed by atoms with van der Waals surface area (Å²) < 4.78 is 5.16. The van der Waals surface area contributed by atoms with Gasteiger partial charge in [-0.15, -0.1) is 0 Å². The first kappa shape index (κ1) is 13.5. The fraction of sp³-hybridized carbons (Fsp3) is 0.600. The minimum absolute atomic E-state index is 0.454. The first-order valence-corrected chi connectivity index (χ1v) is 4.67. The van der Waals surface area contributed by atoms with E-state index in [-0.39, 0.29) is 0 Å². The Labute approximate surface area is 90.6 Å². The number of allylic oxidation sites excluding steroid dienone is 1. The first-order valence-electron chi connectivity index (χ1n) is 4.67. The van der Waals surface area contributed by atoms with Gasteiger partial charge in [-0.1, -0.05) is 0 Å². The SMILES string of the molecule is CN/C(=C\C=N)N(C)C(=O)OC(C)(C)C. The summed E-state index contributed by atoms with van der Waals surface area (Å²) in [5.74, 6) is 0.513. The molecular formula is C10H19N3O2. The van der Waals surface area contributed by atoms with Crippen LogP contribution in [-0.2, 0) is 4.74 Å². The lowest BCUT2D eigenvalue weighted by Crippen LogP contribution is -2.37. The van der Waals surface area contributed by atoms with Crippen molar-refractivity contribution in [2.24, 2.45) is 0 Å². The number of rotatable bonds is 3. The number of amides is 1. The Morgan fingerprint density at radius 3 is 2.33 bits per heavy atom. The summed E-state index contributed by atoms with van der Waals surface area (Å²) in [7, 11) is 3.26. The standard InChI is InChI=1S/C10H19N3O2/c1-10(2,3)15-9(14)13(5)8(12-4)6-7-11/h6-7,11-12H,1-5H3/b8-6+,11-7?. The second-order valence-electron chi connectivity index (χ2n) is 4.01. The average molecular weight is 213 g/mol. The van der Waals surface area contributed by atoms with Crippen molar-refractivity contribution < 1.29 is 9.53 Å². The van der Waals surface area contributed by atoms with Gasteiger partial charge in [-0.3, -0.25) is 4.90 Å². The number of nitrogens with one attached hydrogen (secondary N) is 2. The van der Waals surface area contributed by atoms with Crippen LogP contribution < -0.4 is 5.32 Å². The van der Waals surface area contributed by atoms with E-state index in [0.29, 0.717) is 5.82 Å². The van der Waals surface area contributed by atoms with Gasteiger partial charge in [0.15, 0.2) is 0 Å². The van der Waals surface area contributed by atoms with E-state index in [9.17, 15) is 4.79 Å². The average Bonchev–Trinajstić information content (AvgIpc) is 2.10. The molecule has 0 rings (SSSR count). The van der Waals surface area contributed by atoms with Crippen LogP contribution in [0.1, 0.15) is 20.8 Å². The molecule has 15 heavy (non-hydrogen) atoms. The molecule has 5 nitrogen and oxygen atoms in total. The number of hydrogen-bond donors (Lipinski definition) is 2. The summed E-state index contributed by atoms with van der Waals surface area (Å²) in [5, 5.41) is 9.73. The second-order valence-corrected chi connectivity index (χ2v) is 4.01. The van der Waals surface area contributed by atoms with Crippen molar-refractivity contribution in [3.8, 4) is 0 Å². The lowest BCUT2D eigenvalue weighted by molar-refractivity contribution is 0.0344. The molecule has 0 saturated carbocycles. The second kappa shape index (κ2) is 5.38. The predicted octanol–water partition coefficient (Wildman–Crippen LogP) is 1.56. The van der Waals surface area contributed by atoms with Crippen LogP contribution in [0.15, 0.2) is 11.9 Å². The molecular weight excluding hydrogens is 194 g/mol. The molecule has 0 radical (unpaired) electrons. The van der Waals surface area contributed by atoms with E-state index in [0.717, 1.165) is 6.21 Å². The van der Waals surface area contributed by atoms with Gasteiger partial charge in [0.05, 0.1) is 0 Å². The molecule has 0 heterocycles. The third-order valence-corrected chi connectivity index (χ3v) is 1.53. The van der Waals surface area contributed by atoms with E-state index in [1.807, 2.05) is 0 Å². The summed E-state index contributed by atoms with van der Waals surface area (Å²) in [6.07, 6.45) is 2.13. The lowest BCUT2D eigenvalue weighted by atomic mass is 10.2. The molecule has 0 aromatic rings. The van der Waals surface area contributed by atoms with Crippen molar-refractivity contribution in [3.63, 3.8) is 0 Å². The maximum atomic E-state index is 11.6. The van der Waals surface area contributed by atoms with E-state index in [4.69, 9.17) is 10.1 Å². The molecule has 0 aromatic carbocycles. The number of hydrogen-bond acceptors (Lipinski definition) is 4. The quantitative estimate of drug-likeness (QED) is 0.699. The van der Waals surface area contributed by atoms with Crippen molar-refractivity contribution in [1.29, 1.82) is 5.41 Å². The molecule has 0 spiro atoms. The van der Waals surface area contributed by atoms with Gasteiger partial charge in [0.1, 0.15) is 11.4 Å². The molecule has 0 aliphatic heterocycles. The zero-order valence-corrected chi connectivity index (χ0v) is 9.92. The largest absolute Gasteiger partial charge is 0.443 e. The van der Waals surface area contributed by atoms with E-state index in [1.54, 1.807) is 34.9 Å². The van der Waals surface area contributed by atoms with Gasteiger partial charge in [-0.05, 0) is 26.8 Å². The molecule has 0 aliphatic rings. The molecule has 86 valence electrons. The van der Waals surface area contributed by atoms with Crippen molar-refractivity contribution in [3.05, 3.63) is 11.9 Å². The molecule has 0 unspecified atom stereocenters. The highest BCUT2D eigenvalue weighted by molar-refractivity contribution is 5.74. The fourth-order valence-electron chi connectivity index (χ4n) is 0.871. The highest BCUT2D eigenvalue weighted by Gasteiger charge is 2.20. The molecule has 2 N–H and O–H groups in total. The van der Waals surface area contributed by atoms with Crippen molar-refractivity contribution in [2.45, 2.75) is 26.4 Å². The van der Waals surface area contributed by atoms with Gasteiger partial charge in [-0.25, -0.2) is 4.79 Å². The van der Waals surface area contributed by atoms with Crippen LogP contribution in [0, 0.1) is 5.41 Å². The molecule has 0 aliphatic carbocycles. The number of nitrogens with zero attached hydrogens (tertiary/aromatic N) is 1. The van der Waals surface area contributed by atoms with Crippen LogP contribution in [-0.4, -0.2) is 36.9 Å². The van der Waals surface area contributed by atoms with Gasteiger partial charge >= 0.3 is 6.09 Å². The molecule has 5 heteroatoms. The number of ether oxygens (including phenoxy) is 1. The van der Waals surface area contributed by atoms with Gasteiger partial charge in [-0.2, -0.15) is 0 Å². The van der Waals surface area contributed by atoms with Crippen LogP contribution in [0.4, 0.5) is 4.79 Å². The summed E-state index contributed by atoms with van der Waals surface area (Å²) in [5.41, 5.74) is -0.519. The van der Waals surface area contributed by atoms with Crippen LogP contribution in [0.2, 0.25) is 0 Å². The Bertz CT molecular complexity index is 266. The van der Waals surface area contributed by atoms with Crippen molar-refractivity contribution >= 4 is 12.3 Å². The van der Waals surface area contributed by atoms with E-state index in [2.05, 4.69) is 5.32 Å². The van der Waals surface area contributed by atoms with E-state index in [1.165, 1.54) is 11.0 Å². The Morgan fingerprint density at radius 1 is 1.47 bits per heavy atom. The lowest BCUT2D eigenvalue weighted by Gasteiger charge is -2.25. The predicted molar refractivity (Wildman–Crippen MR) is 59.9 cm³/mol. The van der Waals surface area contributed by atoms with E-state index < -0.39 is 11.7 Å². The highest BCUT2D eigenvalue weighted by atomic mass is 16.6. The Hall–Kier alpha value is -1.52. The molecule has 0 atom stereocenters. The Morgan fingerprint density at radius 2 is 2.00 bits per heavy atom. The monoisotopic (exact) mass is 213 g/mol. The molecule has 0 saturated heterocycles. The maximum Gasteiger partial charge on any atom is 0.415 e. The number of carbonyl (C=O) groups excluding carboxylic acids is 1. The Kier molecular flexibility index (Phi) is 4.84. The molecule has 0 fully saturated rings. The van der Waals surface area contributed by atoms with Crippen LogP contribution >= 0.6 is 0 Å².